The minimum absolute atomic E-state index is 0.0871. The van der Waals surface area contributed by atoms with E-state index in [0.717, 1.165) is 27.1 Å². The number of carbonyl (C=O) groups excluding carboxylic acids is 2. The lowest BCUT2D eigenvalue weighted by molar-refractivity contribution is -0.144. The summed E-state index contributed by atoms with van der Waals surface area (Å²) in [6, 6.07) is 8.99. The smallest absolute Gasteiger partial charge is 0.322 e. The summed E-state index contributed by atoms with van der Waals surface area (Å²) in [6.45, 7) is 0.331. The number of ether oxygens (including phenoxy) is 6. The first-order valence-corrected chi connectivity index (χ1v) is 11.0. The highest BCUT2D eigenvalue weighted by Crippen LogP contribution is 2.41. The molecule has 0 spiro atoms. The monoisotopic (exact) mass is 485 g/mol. The van der Waals surface area contributed by atoms with Gasteiger partial charge in [-0.25, -0.2) is 0 Å². The Morgan fingerprint density at radius 1 is 0.714 bits per heavy atom. The standard InChI is InChI=1S/C26H31NO8/c1-30-21-10-15-9-16(14-27-20(26(29)35-6)7-8-25(28)34-5)18-12-23(32-3)24(33-4)13-19(18)17(15)11-22(21)31-2/h9-13,20,27H,7-8,14H2,1-6H3/t20-/m1/s1. The van der Waals surface area contributed by atoms with Gasteiger partial charge in [0.1, 0.15) is 6.04 Å². The number of methoxy groups -OCH3 is 6. The highest BCUT2D eigenvalue weighted by molar-refractivity contribution is 6.11. The number of nitrogens with one attached hydrogen (secondary N) is 1. The van der Waals surface area contributed by atoms with Gasteiger partial charge in [-0.05, 0) is 63.9 Å². The van der Waals surface area contributed by atoms with Gasteiger partial charge in [0.15, 0.2) is 23.0 Å². The van der Waals surface area contributed by atoms with E-state index in [1.165, 1.54) is 14.2 Å². The van der Waals surface area contributed by atoms with Crippen molar-refractivity contribution >= 4 is 33.5 Å². The fourth-order valence-corrected chi connectivity index (χ4v) is 4.07. The quantitative estimate of drug-likeness (QED) is 0.322. The molecule has 0 aliphatic heterocycles. The summed E-state index contributed by atoms with van der Waals surface area (Å²) in [5, 5.41) is 6.92. The molecule has 9 nitrogen and oxygen atoms in total. The van der Waals surface area contributed by atoms with Gasteiger partial charge in [-0.15, -0.1) is 0 Å². The van der Waals surface area contributed by atoms with Gasteiger partial charge in [-0.2, -0.15) is 0 Å². The third-order valence-corrected chi connectivity index (χ3v) is 5.93. The molecule has 3 aromatic rings. The molecule has 3 rings (SSSR count). The maximum Gasteiger partial charge on any atom is 0.322 e. The Balaban J connectivity index is 2.13. The van der Waals surface area contributed by atoms with E-state index in [1.807, 2.05) is 30.3 Å². The van der Waals surface area contributed by atoms with E-state index in [1.54, 1.807) is 28.4 Å². The third-order valence-electron chi connectivity index (χ3n) is 5.93. The van der Waals surface area contributed by atoms with Crippen LogP contribution in [0.25, 0.3) is 21.5 Å². The summed E-state index contributed by atoms with van der Waals surface area (Å²) in [4.78, 5) is 24.0. The zero-order valence-corrected chi connectivity index (χ0v) is 20.9. The molecule has 0 saturated heterocycles. The van der Waals surface area contributed by atoms with Crippen molar-refractivity contribution in [1.82, 2.24) is 5.32 Å². The summed E-state index contributed by atoms with van der Waals surface area (Å²) in [7, 11) is 8.98. The molecule has 0 heterocycles. The lowest BCUT2D eigenvalue weighted by atomic mass is 9.95. The first kappa shape index (κ1) is 25.9. The first-order valence-electron chi connectivity index (χ1n) is 11.0. The van der Waals surface area contributed by atoms with E-state index < -0.39 is 18.0 Å². The molecule has 0 fully saturated rings. The second-order valence-electron chi connectivity index (χ2n) is 7.79. The Kier molecular flexibility index (Phi) is 8.59. The van der Waals surface area contributed by atoms with Crippen molar-refractivity contribution in [3.63, 3.8) is 0 Å². The van der Waals surface area contributed by atoms with Gasteiger partial charge >= 0.3 is 11.9 Å². The highest BCUT2D eigenvalue weighted by atomic mass is 16.5. The van der Waals surface area contributed by atoms with E-state index in [4.69, 9.17) is 28.4 Å². The van der Waals surface area contributed by atoms with Crippen LogP contribution in [0.2, 0.25) is 0 Å². The van der Waals surface area contributed by atoms with Crippen molar-refractivity contribution < 1.29 is 38.0 Å². The van der Waals surface area contributed by atoms with Gasteiger partial charge in [0, 0.05) is 13.0 Å². The number of fused-ring (bicyclic) bond motifs is 3. The van der Waals surface area contributed by atoms with Crippen LogP contribution in [0, 0.1) is 0 Å². The molecule has 0 aliphatic carbocycles. The summed E-state index contributed by atoms with van der Waals surface area (Å²) in [6.07, 6.45) is 0.330. The molecule has 0 saturated carbocycles. The fourth-order valence-electron chi connectivity index (χ4n) is 4.07. The Morgan fingerprint density at radius 3 is 1.80 bits per heavy atom. The molecule has 1 atom stereocenters. The van der Waals surface area contributed by atoms with Crippen molar-refractivity contribution in [3.05, 3.63) is 35.9 Å². The van der Waals surface area contributed by atoms with Crippen LogP contribution < -0.4 is 24.3 Å². The minimum atomic E-state index is -0.685. The maximum atomic E-state index is 12.3. The van der Waals surface area contributed by atoms with E-state index in [9.17, 15) is 9.59 Å². The number of hydrogen-bond acceptors (Lipinski definition) is 9. The zero-order valence-electron chi connectivity index (χ0n) is 20.9. The molecule has 188 valence electrons. The molecule has 0 unspecified atom stereocenters. The summed E-state index contributed by atoms with van der Waals surface area (Å²) < 4.78 is 31.7. The number of rotatable bonds is 11. The average molecular weight is 486 g/mol. The number of hydrogen-bond donors (Lipinski definition) is 1. The van der Waals surface area contributed by atoms with Gasteiger partial charge in [0.2, 0.25) is 0 Å². The van der Waals surface area contributed by atoms with Crippen molar-refractivity contribution in [1.29, 1.82) is 0 Å². The highest BCUT2D eigenvalue weighted by Gasteiger charge is 2.21. The SMILES string of the molecule is COC(=O)CC[C@@H](NCc1cc2cc(OC)c(OC)cc2c2cc(OC)c(OC)cc12)C(=O)OC. The summed E-state index contributed by atoms with van der Waals surface area (Å²) in [5.41, 5.74) is 0.910. The van der Waals surface area contributed by atoms with E-state index in [2.05, 4.69) is 5.32 Å². The zero-order chi connectivity index (χ0) is 25.5. The molecular formula is C26H31NO8. The Hall–Kier alpha value is -3.72. The molecular weight excluding hydrogens is 454 g/mol. The van der Waals surface area contributed by atoms with Crippen LogP contribution in [0.1, 0.15) is 18.4 Å². The first-order chi connectivity index (χ1) is 16.9. The average Bonchev–Trinajstić information content (AvgIpc) is 2.90. The van der Waals surface area contributed by atoms with E-state index in [0.29, 0.717) is 29.5 Å². The lowest BCUT2D eigenvalue weighted by Crippen LogP contribution is -2.37. The summed E-state index contributed by atoms with van der Waals surface area (Å²) in [5.74, 6) is 1.53. The van der Waals surface area contributed by atoms with Crippen LogP contribution in [-0.2, 0) is 25.6 Å². The third kappa shape index (κ3) is 5.51. The van der Waals surface area contributed by atoms with Crippen LogP contribution in [-0.4, -0.2) is 60.6 Å². The van der Waals surface area contributed by atoms with Crippen LogP contribution in [0.5, 0.6) is 23.0 Å². The van der Waals surface area contributed by atoms with Crippen molar-refractivity contribution in [3.8, 4) is 23.0 Å². The van der Waals surface area contributed by atoms with Gasteiger partial charge in [-0.1, -0.05) is 0 Å². The summed E-state index contributed by atoms with van der Waals surface area (Å²) >= 11 is 0. The van der Waals surface area contributed by atoms with Crippen molar-refractivity contribution in [2.45, 2.75) is 25.4 Å². The predicted octanol–water partition coefficient (Wildman–Crippen LogP) is 3.61. The number of esters is 2. The van der Waals surface area contributed by atoms with Crippen LogP contribution >= 0.6 is 0 Å². The molecule has 3 aromatic carbocycles. The molecule has 1 N–H and O–H groups in total. The second-order valence-corrected chi connectivity index (χ2v) is 7.79. The molecule has 0 radical (unpaired) electrons. The van der Waals surface area contributed by atoms with Crippen molar-refractivity contribution in [2.75, 3.05) is 42.7 Å². The van der Waals surface area contributed by atoms with E-state index >= 15 is 0 Å². The molecule has 35 heavy (non-hydrogen) atoms. The molecule has 0 aliphatic rings. The largest absolute Gasteiger partial charge is 0.493 e. The van der Waals surface area contributed by atoms with Gasteiger partial charge in [0.05, 0.1) is 42.7 Å². The van der Waals surface area contributed by atoms with Gasteiger partial charge < -0.3 is 33.7 Å². The van der Waals surface area contributed by atoms with Crippen LogP contribution in [0.15, 0.2) is 30.3 Å². The number of carbonyl (C=O) groups is 2. The molecule has 0 aromatic heterocycles. The second kappa shape index (κ2) is 11.6. The van der Waals surface area contributed by atoms with E-state index in [-0.39, 0.29) is 12.8 Å². The van der Waals surface area contributed by atoms with Crippen LogP contribution in [0.3, 0.4) is 0 Å². The van der Waals surface area contributed by atoms with Crippen molar-refractivity contribution in [2.24, 2.45) is 0 Å². The lowest BCUT2D eigenvalue weighted by Gasteiger charge is -2.19. The topological polar surface area (TPSA) is 102 Å². The predicted molar refractivity (Wildman–Crippen MR) is 132 cm³/mol. The van der Waals surface area contributed by atoms with Gasteiger partial charge in [-0.3, -0.25) is 9.59 Å². The maximum absolute atomic E-state index is 12.3. The van der Waals surface area contributed by atoms with Crippen LogP contribution in [0.4, 0.5) is 0 Å². The van der Waals surface area contributed by atoms with Gasteiger partial charge in [0.25, 0.3) is 0 Å². The molecule has 0 amide bonds. The normalized spacial score (nSPS) is 11.7. The Labute approximate surface area is 204 Å². The Bertz CT molecular complexity index is 1220. The minimum Gasteiger partial charge on any atom is -0.493 e. The molecule has 9 heteroatoms. The number of benzene rings is 3. The Morgan fingerprint density at radius 2 is 1.26 bits per heavy atom. The molecule has 0 bridgehead atoms. The fraction of sp³-hybridized carbons (Fsp3) is 0.385.